The summed E-state index contributed by atoms with van der Waals surface area (Å²) in [7, 11) is 0. The average molecular weight is 237 g/mol. The molecule has 3 N–H and O–H groups in total. The molecule has 96 valence electrons. The van der Waals surface area contributed by atoms with Crippen LogP contribution < -0.4 is 11.3 Å². The second kappa shape index (κ2) is 5.60. The molecule has 0 amide bonds. The van der Waals surface area contributed by atoms with E-state index in [0.717, 1.165) is 31.1 Å². The molecule has 0 radical (unpaired) electrons. The Hall–Kier alpha value is -0.940. The van der Waals surface area contributed by atoms with Crippen LogP contribution in [0.5, 0.6) is 0 Å². The zero-order chi connectivity index (χ0) is 12.3. The molecule has 5 heteroatoms. The smallest absolute Gasteiger partial charge is 0.138 e. The molecule has 5 nitrogen and oxygen atoms in total. The van der Waals surface area contributed by atoms with E-state index in [1.54, 1.807) is 6.33 Å². The van der Waals surface area contributed by atoms with Gasteiger partial charge in [0.1, 0.15) is 12.2 Å². The summed E-state index contributed by atoms with van der Waals surface area (Å²) in [5.74, 6) is 8.11. The van der Waals surface area contributed by atoms with Crippen LogP contribution in [-0.2, 0) is 13.0 Å². The summed E-state index contributed by atoms with van der Waals surface area (Å²) in [6, 6.07) is 0.331. The minimum Gasteiger partial charge on any atom is -0.271 e. The van der Waals surface area contributed by atoms with Gasteiger partial charge in [0.15, 0.2) is 0 Å². The van der Waals surface area contributed by atoms with Crippen molar-refractivity contribution in [1.82, 2.24) is 20.2 Å². The molecular formula is C12H23N5. The van der Waals surface area contributed by atoms with Gasteiger partial charge < -0.3 is 0 Å². The van der Waals surface area contributed by atoms with Crippen molar-refractivity contribution < 1.29 is 0 Å². The molecule has 1 aromatic rings. The minimum atomic E-state index is 0.331. The molecule has 1 unspecified atom stereocenters. The van der Waals surface area contributed by atoms with Gasteiger partial charge in [0, 0.05) is 19.0 Å². The van der Waals surface area contributed by atoms with Gasteiger partial charge in [-0.1, -0.05) is 26.7 Å². The van der Waals surface area contributed by atoms with E-state index in [4.69, 9.17) is 5.84 Å². The first-order valence-corrected chi connectivity index (χ1v) is 6.51. The topological polar surface area (TPSA) is 68.8 Å². The maximum Gasteiger partial charge on any atom is 0.138 e. The number of nitrogens with one attached hydrogen (secondary N) is 1. The van der Waals surface area contributed by atoms with Crippen LogP contribution >= 0.6 is 0 Å². The van der Waals surface area contributed by atoms with Crippen LogP contribution in [0.4, 0.5) is 0 Å². The molecule has 1 fully saturated rings. The Kier molecular flexibility index (Phi) is 4.12. The number of hydrogen-bond donors (Lipinski definition) is 2. The van der Waals surface area contributed by atoms with E-state index in [0.29, 0.717) is 12.0 Å². The lowest BCUT2D eigenvalue weighted by molar-refractivity contribution is 0.422. The average Bonchev–Trinajstić information content (AvgIpc) is 2.99. The number of aromatic nitrogens is 3. The number of hydrazine groups is 1. The Balaban J connectivity index is 1.93. The molecule has 1 atom stereocenters. The third kappa shape index (κ3) is 3.78. The van der Waals surface area contributed by atoms with E-state index in [9.17, 15) is 0 Å². The van der Waals surface area contributed by atoms with Crippen LogP contribution in [0.25, 0.3) is 0 Å². The quantitative estimate of drug-likeness (QED) is 0.550. The largest absolute Gasteiger partial charge is 0.271 e. The Morgan fingerprint density at radius 2 is 2.29 bits per heavy atom. The molecule has 1 aliphatic carbocycles. The zero-order valence-electron chi connectivity index (χ0n) is 10.8. The minimum absolute atomic E-state index is 0.331. The van der Waals surface area contributed by atoms with Crippen LogP contribution in [-0.4, -0.2) is 20.8 Å². The first-order valence-electron chi connectivity index (χ1n) is 6.51. The summed E-state index contributed by atoms with van der Waals surface area (Å²) in [4.78, 5) is 4.34. The lowest BCUT2D eigenvalue weighted by Crippen LogP contribution is -2.38. The highest BCUT2D eigenvalue weighted by atomic mass is 15.3. The van der Waals surface area contributed by atoms with Crippen LogP contribution in [0.2, 0.25) is 0 Å². The summed E-state index contributed by atoms with van der Waals surface area (Å²) in [5.41, 5.74) is 2.91. The Morgan fingerprint density at radius 1 is 1.53 bits per heavy atom. The van der Waals surface area contributed by atoms with E-state index in [1.165, 1.54) is 12.8 Å². The molecule has 17 heavy (non-hydrogen) atoms. The van der Waals surface area contributed by atoms with Crippen molar-refractivity contribution in [3.8, 4) is 0 Å². The standard InChI is InChI=1S/C12H23N5/c1-9(2)7-17-12(14-8-15-17)6-11(16-13)5-10-3-4-10/h8-11,16H,3-7,13H2,1-2H3. The van der Waals surface area contributed by atoms with Gasteiger partial charge in [-0.15, -0.1) is 0 Å². The van der Waals surface area contributed by atoms with E-state index >= 15 is 0 Å². The maximum atomic E-state index is 5.61. The molecule has 1 aliphatic rings. The van der Waals surface area contributed by atoms with Gasteiger partial charge in [0.25, 0.3) is 0 Å². The van der Waals surface area contributed by atoms with Crippen molar-refractivity contribution in [3.05, 3.63) is 12.2 Å². The van der Waals surface area contributed by atoms with Crippen molar-refractivity contribution in [3.63, 3.8) is 0 Å². The molecule has 0 bridgehead atoms. The predicted molar refractivity (Wildman–Crippen MR) is 67.0 cm³/mol. The van der Waals surface area contributed by atoms with E-state index in [1.807, 2.05) is 4.68 Å². The highest BCUT2D eigenvalue weighted by molar-refractivity contribution is 4.91. The fourth-order valence-corrected chi connectivity index (χ4v) is 2.13. The van der Waals surface area contributed by atoms with Crippen molar-refractivity contribution in [2.24, 2.45) is 17.7 Å². The van der Waals surface area contributed by atoms with Crippen LogP contribution in [0.15, 0.2) is 6.33 Å². The lowest BCUT2D eigenvalue weighted by Gasteiger charge is -2.16. The first-order chi connectivity index (χ1) is 8.19. The Labute approximate surface area is 103 Å². The van der Waals surface area contributed by atoms with Gasteiger partial charge in [-0.05, 0) is 18.3 Å². The second-order valence-corrected chi connectivity index (χ2v) is 5.50. The number of nitrogens with zero attached hydrogens (tertiary/aromatic N) is 3. The molecule has 1 aromatic heterocycles. The molecule has 0 saturated heterocycles. The summed E-state index contributed by atoms with van der Waals surface area (Å²) in [6.45, 7) is 5.30. The molecule has 1 saturated carbocycles. The van der Waals surface area contributed by atoms with Crippen molar-refractivity contribution in [1.29, 1.82) is 0 Å². The maximum absolute atomic E-state index is 5.61. The van der Waals surface area contributed by atoms with Gasteiger partial charge >= 0.3 is 0 Å². The fraction of sp³-hybridized carbons (Fsp3) is 0.833. The van der Waals surface area contributed by atoms with Gasteiger partial charge in [0.2, 0.25) is 0 Å². The van der Waals surface area contributed by atoms with Gasteiger partial charge in [-0.25, -0.2) is 9.67 Å². The summed E-state index contributed by atoms with van der Waals surface area (Å²) in [5, 5.41) is 4.28. The van der Waals surface area contributed by atoms with Crippen LogP contribution in [0.1, 0.15) is 38.9 Å². The predicted octanol–water partition coefficient (Wildman–Crippen LogP) is 1.11. The van der Waals surface area contributed by atoms with Crippen molar-refractivity contribution >= 4 is 0 Å². The van der Waals surface area contributed by atoms with Crippen molar-refractivity contribution in [2.75, 3.05) is 0 Å². The van der Waals surface area contributed by atoms with Crippen LogP contribution in [0.3, 0.4) is 0 Å². The highest BCUT2D eigenvalue weighted by Crippen LogP contribution is 2.33. The van der Waals surface area contributed by atoms with Gasteiger partial charge in [-0.2, -0.15) is 5.10 Å². The normalized spacial score (nSPS) is 17.6. The third-order valence-corrected chi connectivity index (χ3v) is 3.21. The van der Waals surface area contributed by atoms with E-state index < -0.39 is 0 Å². The van der Waals surface area contributed by atoms with Gasteiger partial charge in [-0.3, -0.25) is 11.3 Å². The van der Waals surface area contributed by atoms with E-state index in [-0.39, 0.29) is 0 Å². The zero-order valence-corrected chi connectivity index (χ0v) is 10.8. The SMILES string of the molecule is CC(C)Cn1ncnc1CC(CC1CC1)NN. The Morgan fingerprint density at radius 3 is 2.88 bits per heavy atom. The third-order valence-electron chi connectivity index (χ3n) is 3.21. The van der Waals surface area contributed by atoms with E-state index in [2.05, 4.69) is 29.4 Å². The lowest BCUT2D eigenvalue weighted by atomic mass is 10.1. The number of nitrogens with two attached hydrogens (primary N) is 1. The van der Waals surface area contributed by atoms with Gasteiger partial charge in [0.05, 0.1) is 0 Å². The highest BCUT2D eigenvalue weighted by Gasteiger charge is 2.26. The fourth-order valence-electron chi connectivity index (χ4n) is 2.13. The second-order valence-electron chi connectivity index (χ2n) is 5.50. The molecule has 1 heterocycles. The Bertz CT molecular complexity index is 342. The monoisotopic (exact) mass is 237 g/mol. The number of rotatable bonds is 7. The molecular weight excluding hydrogens is 214 g/mol. The summed E-state index contributed by atoms with van der Waals surface area (Å²) in [6.07, 6.45) is 6.39. The van der Waals surface area contributed by atoms with Crippen LogP contribution in [0, 0.1) is 11.8 Å². The number of hydrogen-bond acceptors (Lipinski definition) is 4. The summed E-state index contributed by atoms with van der Waals surface area (Å²) < 4.78 is 2.00. The molecule has 0 spiro atoms. The molecule has 2 rings (SSSR count). The molecule has 0 aromatic carbocycles. The van der Waals surface area contributed by atoms with Crippen molar-refractivity contribution in [2.45, 2.75) is 52.1 Å². The molecule has 0 aliphatic heterocycles. The first kappa shape index (κ1) is 12.5. The summed E-state index contributed by atoms with van der Waals surface area (Å²) >= 11 is 0.